The van der Waals surface area contributed by atoms with Gasteiger partial charge in [-0.25, -0.2) is 0 Å². The fourth-order valence-corrected chi connectivity index (χ4v) is 1.23. The average Bonchev–Trinajstić information content (AvgIpc) is 2.23. The van der Waals surface area contributed by atoms with Crippen LogP contribution in [-0.2, 0) is 9.59 Å². The fraction of sp³-hybridized carbons (Fsp3) is 0.818. The van der Waals surface area contributed by atoms with Gasteiger partial charge in [-0.2, -0.15) is 0 Å². The number of carboxylic acids is 1. The SMILES string of the molecule is CCC(C)NC(=O)CN(CC)CCC(=O)O. The molecule has 0 saturated heterocycles. The Kier molecular flexibility index (Phi) is 7.54. The van der Waals surface area contributed by atoms with E-state index in [0.29, 0.717) is 13.1 Å². The molecule has 0 rings (SSSR count). The van der Waals surface area contributed by atoms with Crippen molar-refractivity contribution in [1.82, 2.24) is 10.2 Å². The van der Waals surface area contributed by atoms with Gasteiger partial charge in [-0.05, 0) is 19.9 Å². The van der Waals surface area contributed by atoms with E-state index in [2.05, 4.69) is 5.32 Å². The van der Waals surface area contributed by atoms with Crippen LogP contribution >= 0.6 is 0 Å². The number of carboxylic acid groups (broad SMARTS) is 1. The van der Waals surface area contributed by atoms with E-state index in [1.807, 2.05) is 25.7 Å². The Balaban J connectivity index is 3.92. The molecule has 5 nitrogen and oxygen atoms in total. The molecule has 16 heavy (non-hydrogen) atoms. The summed E-state index contributed by atoms with van der Waals surface area (Å²) in [7, 11) is 0. The molecule has 0 radical (unpaired) electrons. The smallest absolute Gasteiger partial charge is 0.304 e. The highest BCUT2D eigenvalue weighted by Gasteiger charge is 2.11. The third kappa shape index (κ3) is 7.23. The minimum absolute atomic E-state index is 0.0402. The van der Waals surface area contributed by atoms with Crippen LogP contribution in [0.5, 0.6) is 0 Å². The lowest BCUT2D eigenvalue weighted by Gasteiger charge is -2.20. The van der Waals surface area contributed by atoms with E-state index in [1.54, 1.807) is 0 Å². The van der Waals surface area contributed by atoms with Gasteiger partial charge in [0, 0.05) is 12.6 Å². The van der Waals surface area contributed by atoms with Crippen molar-refractivity contribution in [3.63, 3.8) is 0 Å². The van der Waals surface area contributed by atoms with E-state index >= 15 is 0 Å². The van der Waals surface area contributed by atoms with Crippen LogP contribution in [0.3, 0.4) is 0 Å². The predicted octanol–water partition coefficient (Wildman–Crippen LogP) is 0.698. The Labute approximate surface area is 96.8 Å². The molecule has 0 aromatic carbocycles. The molecule has 0 heterocycles. The number of nitrogens with zero attached hydrogens (tertiary/aromatic N) is 1. The van der Waals surface area contributed by atoms with Crippen molar-refractivity contribution in [2.45, 2.75) is 39.7 Å². The molecular formula is C11H22N2O3. The topological polar surface area (TPSA) is 69.6 Å². The Morgan fingerprint density at radius 1 is 1.38 bits per heavy atom. The molecule has 0 spiro atoms. The first-order valence-electron chi connectivity index (χ1n) is 5.73. The van der Waals surface area contributed by atoms with Crippen LogP contribution in [0.2, 0.25) is 0 Å². The van der Waals surface area contributed by atoms with Crippen molar-refractivity contribution >= 4 is 11.9 Å². The maximum atomic E-state index is 11.5. The van der Waals surface area contributed by atoms with Gasteiger partial charge < -0.3 is 10.4 Å². The van der Waals surface area contributed by atoms with E-state index in [0.717, 1.165) is 6.42 Å². The summed E-state index contributed by atoms with van der Waals surface area (Å²) in [4.78, 5) is 23.8. The van der Waals surface area contributed by atoms with E-state index in [4.69, 9.17) is 5.11 Å². The van der Waals surface area contributed by atoms with Gasteiger partial charge >= 0.3 is 5.97 Å². The molecule has 0 aliphatic heterocycles. The van der Waals surface area contributed by atoms with E-state index < -0.39 is 5.97 Å². The third-order valence-electron chi connectivity index (χ3n) is 2.48. The number of likely N-dealkylation sites (N-methyl/N-ethyl adjacent to an activating group) is 1. The number of hydrogen-bond acceptors (Lipinski definition) is 3. The van der Waals surface area contributed by atoms with Crippen LogP contribution in [0, 0.1) is 0 Å². The Morgan fingerprint density at radius 2 is 2.00 bits per heavy atom. The minimum atomic E-state index is -0.833. The number of rotatable bonds is 8. The Morgan fingerprint density at radius 3 is 2.44 bits per heavy atom. The zero-order valence-corrected chi connectivity index (χ0v) is 10.3. The molecule has 94 valence electrons. The number of nitrogens with one attached hydrogen (secondary N) is 1. The second-order valence-electron chi connectivity index (χ2n) is 3.89. The number of hydrogen-bond donors (Lipinski definition) is 2. The summed E-state index contributed by atoms with van der Waals surface area (Å²) in [5, 5.41) is 11.4. The summed E-state index contributed by atoms with van der Waals surface area (Å²) >= 11 is 0. The molecule has 1 unspecified atom stereocenters. The molecule has 0 aliphatic rings. The van der Waals surface area contributed by atoms with Gasteiger partial charge in [0.1, 0.15) is 0 Å². The number of amides is 1. The van der Waals surface area contributed by atoms with Crippen LogP contribution in [-0.4, -0.2) is 47.6 Å². The first-order valence-corrected chi connectivity index (χ1v) is 5.73. The molecule has 0 aromatic heterocycles. The van der Waals surface area contributed by atoms with Gasteiger partial charge in [-0.1, -0.05) is 13.8 Å². The van der Waals surface area contributed by atoms with Crippen molar-refractivity contribution in [2.75, 3.05) is 19.6 Å². The van der Waals surface area contributed by atoms with Crippen LogP contribution in [0.25, 0.3) is 0 Å². The lowest BCUT2D eigenvalue weighted by Crippen LogP contribution is -2.41. The summed E-state index contributed by atoms with van der Waals surface area (Å²) in [5.74, 6) is -0.873. The van der Waals surface area contributed by atoms with Crippen molar-refractivity contribution in [1.29, 1.82) is 0 Å². The lowest BCUT2D eigenvalue weighted by molar-refractivity contribution is -0.137. The molecule has 5 heteroatoms. The molecule has 1 atom stereocenters. The summed E-state index contributed by atoms with van der Waals surface area (Å²) in [5.41, 5.74) is 0. The first kappa shape index (κ1) is 14.9. The number of carbonyl (C=O) groups excluding carboxylic acids is 1. The van der Waals surface area contributed by atoms with E-state index in [1.165, 1.54) is 0 Å². The normalized spacial score (nSPS) is 12.5. The van der Waals surface area contributed by atoms with Gasteiger partial charge in [0.25, 0.3) is 0 Å². The third-order valence-corrected chi connectivity index (χ3v) is 2.48. The summed E-state index contributed by atoms with van der Waals surface area (Å²) in [6.45, 7) is 7.24. The molecule has 2 N–H and O–H groups in total. The highest BCUT2D eigenvalue weighted by molar-refractivity contribution is 5.78. The van der Waals surface area contributed by atoms with Crippen LogP contribution < -0.4 is 5.32 Å². The van der Waals surface area contributed by atoms with Gasteiger partial charge in [-0.15, -0.1) is 0 Å². The van der Waals surface area contributed by atoms with E-state index in [9.17, 15) is 9.59 Å². The molecule has 0 saturated carbocycles. The minimum Gasteiger partial charge on any atom is -0.481 e. The molecule has 0 aromatic rings. The molecule has 0 fully saturated rings. The highest BCUT2D eigenvalue weighted by atomic mass is 16.4. The van der Waals surface area contributed by atoms with Crippen molar-refractivity contribution in [3.8, 4) is 0 Å². The molecule has 0 aliphatic carbocycles. The number of carbonyl (C=O) groups is 2. The highest BCUT2D eigenvalue weighted by Crippen LogP contribution is 1.93. The largest absolute Gasteiger partial charge is 0.481 e. The number of aliphatic carboxylic acids is 1. The van der Waals surface area contributed by atoms with Crippen LogP contribution in [0.4, 0.5) is 0 Å². The predicted molar refractivity (Wildman–Crippen MR) is 62.3 cm³/mol. The van der Waals surface area contributed by atoms with Crippen LogP contribution in [0.15, 0.2) is 0 Å². The zero-order valence-electron chi connectivity index (χ0n) is 10.3. The summed E-state index contributed by atoms with van der Waals surface area (Å²) < 4.78 is 0. The maximum absolute atomic E-state index is 11.5. The standard InChI is InChI=1S/C11H22N2O3/c1-4-9(3)12-10(14)8-13(5-2)7-6-11(15)16/h9H,4-8H2,1-3H3,(H,12,14)(H,15,16). The molecule has 1 amide bonds. The zero-order chi connectivity index (χ0) is 12.6. The van der Waals surface area contributed by atoms with Crippen LogP contribution in [0.1, 0.15) is 33.6 Å². The lowest BCUT2D eigenvalue weighted by atomic mass is 10.2. The van der Waals surface area contributed by atoms with Gasteiger partial charge in [0.05, 0.1) is 13.0 Å². The summed E-state index contributed by atoms with van der Waals surface area (Å²) in [6, 6.07) is 0.172. The van der Waals surface area contributed by atoms with Crippen molar-refractivity contribution < 1.29 is 14.7 Å². The first-order chi connectivity index (χ1) is 7.49. The monoisotopic (exact) mass is 230 g/mol. The van der Waals surface area contributed by atoms with Crippen molar-refractivity contribution in [2.24, 2.45) is 0 Å². The Hall–Kier alpha value is -1.10. The average molecular weight is 230 g/mol. The van der Waals surface area contributed by atoms with Gasteiger partial charge in [-0.3, -0.25) is 14.5 Å². The quantitative estimate of drug-likeness (QED) is 0.644. The second kappa shape index (κ2) is 8.10. The fourth-order valence-electron chi connectivity index (χ4n) is 1.23. The van der Waals surface area contributed by atoms with Crippen molar-refractivity contribution in [3.05, 3.63) is 0 Å². The Bertz CT molecular complexity index is 231. The molecule has 0 bridgehead atoms. The van der Waals surface area contributed by atoms with E-state index in [-0.39, 0.29) is 24.9 Å². The molecular weight excluding hydrogens is 208 g/mol. The van der Waals surface area contributed by atoms with Gasteiger partial charge in [0.2, 0.25) is 5.91 Å². The van der Waals surface area contributed by atoms with Gasteiger partial charge in [0.15, 0.2) is 0 Å². The second-order valence-corrected chi connectivity index (χ2v) is 3.89. The maximum Gasteiger partial charge on any atom is 0.304 e. The summed E-state index contributed by atoms with van der Waals surface area (Å²) in [6.07, 6.45) is 0.970.